The molecule has 0 spiro atoms. The van der Waals surface area contributed by atoms with Crippen LogP contribution in [0.5, 0.6) is 5.75 Å². The number of nitrogens with one attached hydrogen (secondary N) is 2. The normalized spacial score (nSPS) is 22.6. The fraction of sp³-hybridized carbons (Fsp3) is 0.533. The molecule has 1 amide bonds. The molecule has 1 saturated heterocycles. The van der Waals surface area contributed by atoms with Crippen LogP contribution in [0.25, 0.3) is 0 Å². The number of benzene rings is 1. The molecule has 0 saturated carbocycles. The second-order valence-corrected chi connectivity index (χ2v) is 5.36. The maximum atomic E-state index is 11.2. The van der Waals surface area contributed by atoms with Crippen LogP contribution in [0.15, 0.2) is 24.3 Å². The number of nitrogens with zero attached hydrogens (tertiary/aromatic N) is 1. The van der Waals surface area contributed by atoms with E-state index in [0.29, 0.717) is 17.8 Å². The van der Waals surface area contributed by atoms with Crippen LogP contribution >= 0.6 is 0 Å². The molecule has 0 aliphatic carbocycles. The van der Waals surface area contributed by atoms with Crippen molar-refractivity contribution in [3.8, 4) is 5.75 Å². The lowest BCUT2D eigenvalue weighted by atomic mass is 10.2. The summed E-state index contributed by atoms with van der Waals surface area (Å²) >= 11 is 0. The number of likely N-dealkylation sites (tertiary alicyclic amines) is 1. The summed E-state index contributed by atoms with van der Waals surface area (Å²) in [4.78, 5) is 13.5. The monoisotopic (exact) mass is 277 g/mol. The minimum Gasteiger partial charge on any atom is -0.484 e. The van der Waals surface area contributed by atoms with Crippen molar-refractivity contribution >= 4 is 11.6 Å². The van der Waals surface area contributed by atoms with Crippen LogP contribution in [0.1, 0.15) is 13.3 Å². The van der Waals surface area contributed by atoms with E-state index in [1.807, 2.05) is 24.3 Å². The molecule has 1 aliphatic heterocycles. The van der Waals surface area contributed by atoms with Crippen LogP contribution in [0, 0.1) is 0 Å². The first-order valence-electron chi connectivity index (χ1n) is 6.98. The van der Waals surface area contributed by atoms with E-state index in [0.717, 1.165) is 18.7 Å². The molecule has 1 aromatic carbocycles. The molecule has 2 atom stereocenters. The molecular weight excluding hydrogens is 254 g/mol. The number of rotatable bonds is 5. The Morgan fingerprint density at radius 3 is 2.95 bits per heavy atom. The van der Waals surface area contributed by atoms with E-state index in [-0.39, 0.29) is 12.5 Å². The molecule has 5 heteroatoms. The van der Waals surface area contributed by atoms with E-state index in [2.05, 4.69) is 29.5 Å². The molecule has 0 bridgehead atoms. The van der Waals surface area contributed by atoms with Gasteiger partial charge in [0.05, 0.1) is 0 Å². The van der Waals surface area contributed by atoms with E-state index in [1.54, 1.807) is 7.05 Å². The van der Waals surface area contributed by atoms with Gasteiger partial charge in [-0.05, 0) is 32.5 Å². The summed E-state index contributed by atoms with van der Waals surface area (Å²) in [5.74, 6) is 0.576. The first kappa shape index (κ1) is 14.7. The summed E-state index contributed by atoms with van der Waals surface area (Å²) in [7, 11) is 3.75. The predicted octanol–water partition coefficient (Wildman–Crippen LogP) is 1.32. The zero-order chi connectivity index (χ0) is 14.5. The smallest absolute Gasteiger partial charge is 0.257 e. The van der Waals surface area contributed by atoms with Crippen molar-refractivity contribution in [3.05, 3.63) is 24.3 Å². The van der Waals surface area contributed by atoms with Crippen LogP contribution in [0.4, 0.5) is 5.69 Å². The third-order valence-corrected chi connectivity index (χ3v) is 3.74. The molecule has 0 aromatic heterocycles. The molecule has 1 aliphatic rings. The molecule has 110 valence electrons. The maximum Gasteiger partial charge on any atom is 0.257 e. The number of hydrogen-bond donors (Lipinski definition) is 2. The van der Waals surface area contributed by atoms with Crippen molar-refractivity contribution in [3.63, 3.8) is 0 Å². The minimum atomic E-state index is -0.130. The fourth-order valence-corrected chi connectivity index (χ4v) is 2.43. The summed E-state index contributed by atoms with van der Waals surface area (Å²) in [6.45, 7) is 3.33. The highest BCUT2D eigenvalue weighted by Crippen LogP contribution is 2.22. The van der Waals surface area contributed by atoms with Crippen molar-refractivity contribution < 1.29 is 9.53 Å². The van der Waals surface area contributed by atoms with Crippen LogP contribution in [0.2, 0.25) is 0 Å². The molecule has 2 unspecified atom stereocenters. The zero-order valence-corrected chi connectivity index (χ0v) is 12.3. The number of hydrogen-bond acceptors (Lipinski definition) is 4. The summed E-state index contributed by atoms with van der Waals surface area (Å²) in [5, 5.41) is 6.05. The van der Waals surface area contributed by atoms with Gasteiger partial charge in [0, 0.05) is 37.4 Å². The third-order valence-electron chi connectivity index (χ3n) is 3.74. The van der Waals surface area contributed by atoms with Crippen molar-refractivity contribution in [2.75, 3.05) is 32.6 Å². The molecule has 2 rings (SSSR count). The van der Waals surface area contributed by atoms with Crippen LogP contribution in [-0.2, 0) is 4.79 Å². The van der Waals surface area contributed by atoms with Gasteiger partial charge in [-0.3, -0.25) is 4.79 Å². The number of carbonyl (C=O) groups is 1. The first-order valence-corrected chi connectivity index (χ1v) is 6.98. The molecule has 2 N–H and O–H groups in total. The lowest BCUT2D eigenvalue weighted by Gasteiger charge is -2.15. The molecule has 1 heterocycles. The Kier molecular flexibility index (Phi) is 4.84. The van der Waals surface area contributed by atoms with Gasteiger partial charge in [0.15, 0.2) is 6.61 Å². The van der Waals surface area contributed by atoms with Gasteiger partial charge in [-0.2, -0.15) is 0 Å². The number of anilines is 1. The molecule has 1 aromatic rings. The first-order chi connectivity index (χ1) is 9.58. The quantitative estimate of drug-likeness (QED) is 0.852. The Labute approximate surface area is 120 Å². The Hall–Kier alpha value is -1.75. The zero-order valence-electron chi connectivity index (χ0n) is 12.3. The van der Waals surface area contributed by atoms with Gasteiger partial charge < -0.3 is 20.3 Å². The Balaban J connectivity index is 1.91. The molecule has 0 radical (unpaired) electrons. The topological polar surface area (TPSA) is 53.6 Å². The standard InChI is InChI=1S/C15H23N3O2/c1-11-7-13(9-18(11)3)17-12-5-4-6-14(8-12)20-10-15(19)16-2/h4-6,8,11,13,17H,7,9-10H2,1-3H3,(H,16,19). The highest BCUT2D eigenvalue weighted by atomic mass is 16.5. The van der Waals surface area contributed by atoms with E-state index in [1.165, 1.54) is 0 Å². The number of amides is 1. The van der Waals surface area contributed by atoms with Gasteiger partial charge in [0.1, 0.15) is 5.75 Å². The van der Waals surface area contributed by atoms with E-state index >= 15 is 0 Å². The molecular formula is C15H23N3O2. The van der Waals surface area contributed by atoms with Crippen molar-refractivity contribution in [2.45, 2.75) is 25.4 Å². The van der Waals surface area contributed by atoms with E-state index in [9.17, 15) is 4.79 Å². The number of likely N-dealkylation sites (N-methyl/N-ethyl adjacent to an activating group) is 2. The van der Waals surface area contributed by atoms with E-state index in [4.69, 9.17) is 4.74 Å². The van der Waals surface area contributed by atoms with Gasteiger partial charge >= 0.3 is 0 Å². The van der Waals surface area contributed by atoms with Gasteiger partial charge in [0.25, 0.3) is 5.91 Å². The van der Waals surface area contributed by atoms with Gasteiger partial charge in [0.2, 0.25) is 0 Å². The Morgan fingerprint density at radius 2 is 2.30 bits per heavy atom. The summed E-state index contributed by atoms with van der Waals surface area (Å²) in [6.07, 6.45) is 1.14. The summed E-state index contributed by atoms with van der Waals surface area (Å²) < 4.78 is 5.44. The SMILES string of the molecule is CNC(=O)COc1cccc(NC2CC(C)N(C)C2)c1. The number of ether oxygens (including phenoxy) is 1. The lowest BCUT2D eigenvalue weighted by molar-refractivity contribution is -0.122. The number of carbonyl (C=O) groups excluding carboxylic acids is 1. The van der Waals surface area contributed by atoms with Crippen LogP contribution in [-0.4, -0.2) is 50.1 Å². The Morgan fingerprint density at radius 1 is 1.50 bits per heavy atom. The van der Waals surface area contributed by atoms with Gasteiger partial charge in [-0.1, -0.05) is 6.07 Å². The average molecular weight is 277 g/mol. The third kappa shape index (κ3) is 3.87. The highest BCUT2D eigenvalue weighted by molar-refractivity contribution is 5.77. The largest absolute Gasteiger partial charge is 0.484 e. The summed E-state index contributed by atoms with van der Waals surface area (Å²) in [5.41, 5.74) is 1.03. The highest BCUT2D eigenvalue weighted by Gasteiger charge is 2.25. The molecule has 5 nitrogen and oxygen atoms in total. The van der Waals surface area contributed by atoms with Crippen molar-refractivity contribution in [2.24, 2.45) is 0 Å². The molecule has 1 fully saturated rings. The van der Waals surface area contributed by atoms with Crippen molar-refractivity contribution in [1.82, 2.24) is 10.2 Å². The maximum absolute atomic E-state index is 11.2. The molecule has 20 heavy (non-hydrogen) atoms. The second-order valence-electron chi connectivity index (χ2n) is 5.36. The summed E-state index contributed by atoms with van der Waals surface area (Å²) in [6, 6.07) is 8.83. The van der Waals surface area contributed by atoms with Crippen molar-refractivity contribution in [1.29, 1.82) is 0 Å². The predicted molar refractivity (Wildman–Crippen MR) is 80.1 cm³/mol. The van der Waals surface area contributed by atoms with E-state index < -0.39 is 0 Å². The lowest BCUT2D eigenvalue weighted by Crippen LogP contribution is -2.25. The average Bonchev–Trinajstić information content (AvgIpc) is 2.75. The Bertz CT molecular complexity index is 454. The van der Waals surface area contributed by atoms with Crippen LogP contribution < -0.4 is 15.4 Å². The van der Waals surface area contributed by atoms with Gasteiger partial charge in [-0.25, -0.2) is 0 Å². The van der Waals surface area contributed by atoms with Crippen LogP contribution in [0.3, 0.4) is 0 Å². The fourth-order valence-electron chi connectivity index (χ4n) is 2.43. The second kappa shape index (κ2) is 6.61. The van der Waals surface area contributed by atoms with Gasteiger partial charge in [-0.15, -0.1) is 0 Å². The minimum absolute atomic E-state index is 0.0448.